The van der Waals surface area contributed by atoms with Crippen molar-refractivity contribution < 1.29 is 0 Å². The van der Waals surface area contributed by atoms with Crippen LogP contribution >= 0.6 is 0 Å². The highest BCUT2D eigenvalue weighted by Crippen LogP contribution is 2.38. The molecule has 2 heterocycles. The van der Waals surface area contributed by atoms with Crippen molar-refractivity contribution >= 4 is 5.82 Å². The van der Waals surface area contributed by atoms with E-state index in [1.807, 2.05) is 7.05 Å². The molecule has 2 rings (SSSR count). The number of likely N-dealkylation sites (N-methyl/N-ethyl adjacent to an activating group) is 1. The quantitative estimate of drug-likeness (QED) is 0.867. The van der Waals surface area contributed by atoms with E-state index in [1.165, 1.54) is 31.5 Å². The number of rotatable bonds is 5. The Hall–Kier alpha value is -1.13. The molecule has 0 aromatic carbocycles. The van der Waals surface area contributed by atoms with Gasteiger partial charge in [0.25, 0.3) is 0 Å². The summed E-state index contributed by atoms with van der Waals surface area (Å²) in [5.74, 6) is 0.656. The SMILES string of the molecule is CCC(C)(C(NC)c1c(C)ccnc1N)N1CCCC1. The number of aromatic nitrogens is 1. The lowest BCUT2D eigenvalue weighted by molar-refractivity contribution is 0.0872. The summed E-state index contributed by atoms with van der Waals surface area (Å²) in [6.45, 7) is 9.11. The molecule has 2 atom stereocenters. The first kappa shape index (κ1) is 15.3. The molecular weight excluding hydrogens is 248 g/mol. The summed E-state index contributed by atoms with van der Waals surface area (Å²) in [5, 5.41) is 3.51. The second-order valence-electron chi connectivity index (χ2n) is 6.05. The van der Waals surface area contributed by atoms with Crippen molar-refractivity contribution in [1.82, 2.24) is 15.2 Å². The first-order chi connectivity index (χ1) is 9.54. The molecule has 0 bridgehead atoms. The van der Waals surface area contributed by atoms with E-state index in [-0.39, 0.29) is 11.6 Å². The first-order valence-electron chi connectivity index (χ1n) is 7.68. The number of anilines is 1. The molecule has 0 amide bonds. The molecule has 4 nitrogen and oxygen atoms in total. The van der Waals surface area contributed by atoms with Gasteiger partial charge in [0.05, 0.1) is 6.04 Å². The molecule has 3 N–H and O–H groups in total. The molecular formula is C16H28N4. The minimum atomic E-state index is 0.0766. The highest BCUT2D eigenvalue weighted by Gasteiger charge is 2.40. The maximum Gasteiger partial charge on any atom is 0.128 e. The Morgan fingerprint density at radius 3 is 2.60 bits per heavy atom. The molecule has 1 aromatic heterocycles. The lowest BCUT2D eigenvalue weighted by atomic mass is 9.81. The smallest absolute Gasteiger partial charge is 0.128 e. The third-order valence-corrected chi connectivity index (χ3v) is 4.98. The predicted octanol–water partition coefficient (Wildman–Crippen LogP) is 2.50. The maximum atomic E-state index is 6.18. The van der Waals surface area contributed by atoms with Crippen LogP contribution in [-0.4, -0.2) is 35.6 Å². The Morgan fingerprint density at radius 1 is 1.45 bits per heavy atom. The Bertz CT molecular complexity index is 434. The van der Waals surface area contributed by atoms with Gasteiger partial charge in [-0.15, -0.1) is 0 Å². The minimum Gasteiger partial charge on any atom is -0.383 e. The molecule has 1 aliphatic heterocycles. The van der Waals surface area contributed by atoms with E-state index in [1.54, 1.807) is 6.20 Å². The molecule has 0 spiro atoms. The fourth-order valence-corrected chi connectivity index (χ4v) is 3.57. The normalized spacial score (nSPS) is 20.8. The van der Waals surface area contributed by atoms with E-state index in [2.05, 4.69) is 42.0 Å². The van der Waals surface area contributed by atoms with Crippen molar-refractivity contribution in [2.24, 2.45) is 0 Å². The average molecular weight is 276 g/mol. The molecule has 2 unspecified atom stereocenters. The molecule has 1 saturated heterocycles. The number of pyridine rings is 1. The Balaban J connectivity index is 2.43. The molecule has 112 valence electrons. The van der Waals surface area contributed by atoms with E-state index >= 15 is 0 Å². The van der Waals surface area contributed by atoms with Gasteiger partial charge in [0.2, 0.25) is 0 Å². The molecule has 20 heavy (non-hydrogen) atoms. The number of nitrogen functional groups attached to an aromatic ring is 1. The number of likely N-dealkylation sites (tertiary alicyclic amines) is 1. The van der Waals surface area contributed by atoms with Crippen LogP contribution in [0.5, 0.6) is 0 Å². The molecule has 0 radical (unpaired) electrons. The summed E-state index contributed by atoms with van der Waals surface area (Å²) in [5.41, 5.74) is 8.63. The van der Waals surface area contributed by atoms with E-state index in [0.29, 0.717) is 5.82 Å². The number of hydrogen-bond donors (Lipinski definition) is 2. The van der Waals surface area contributed by atoms with Gasteiger partial charge in [-0.1, -0.05) is 6.92 Å². The van der Waals surface area contributed by atoms with Crippen LogP contribution in [-0.2, 0) is 0 Å². The number of hydrogen-bond acceptors (Lipinski definition) is 4. The molecule has 1 aliphatic rings. The van der Waals surface area contributed by atoms with Crippen molar-refractivity contribution in [1.29, 1.82) is 0 Å². The van der Waals surface area contributed by atoms with Crippen LogP contribution in [0.1, 0.15) is 50.3 Å². The van der Waals surface area contributed by atoms with Crippen LogP contribution < -0.4 is 11.1 Å². The largest absolute Gasteiger partial charge is 0.383 e. The number of nitrogens with one attached hydrogen (secondary N) is 1. The van der Waals surface area contributed by atoms with Crippen LogP contribution in [0, 0.1) is 6.92 Å². The summed E-state index contributed by atoms with van der Waals surface area (Å²) >= 11 is 0. The lowest BCUT2D eigenvalue weighted by Crippen LogP contribution is -2.53. The van der Waals surface area contributed by atoms with Gasteiger partial charge < -0.3 is 11.1 Å². The van der Waals surface area contributed by atoms with Crippen molar-refractivity contribution in [2.75, 3.05) is 25.9 Å². The molecule has 1 aromatic rings. The van der Waals surface area contributed by atoms with Gasteiger partial charge in [-0.2, -0.15) is 0 Å². The fourth-order valence-electron chi connectivity index (χ4n) is 3.57. The van der Waals surface area contributed by atoms with Gasteiger partial charge in [-0.3, -0.25) is 4.90 Å². The Kier molecular flexibility index (Phi) is 4.66. The van der Waals surface area contributed by atoms with Crippen molar-refractivity contribution in [2.45, 2.75) is 51.6 Å². The summed E-state index contributed by atoms with van der Waals surface area (Å²) in [6.07, 6.45) is 5.48. The summed E-state index contributed by atoms with van der Waals surface area (Å²) in [4.78, 5) is 6.91. The van der Waals surface area contributed by atoms with Crippen LogP contribution in [0.2, 0.25) is 0 Å². The fraction of sp³-hybridized carbons (Fsp3) is 0.688. The zero-order chi connectivity index (χ0) is 14.8. The van der Waals surface area contributed by atoms with Gasteiger partial charge in [0, 0.05) is 17.3 Å². The highest BCUT2D eigenvalue weighted by molar-refractivity contribution is 5.47. The number of nitrogens with two attached hydrogens (primary N) is 1. The van der Waals surface area contributed by atoms with E-state index in [0.717, 1.165) is 12.0 Å². The standard InChI is InChI=1S/C16H28N4/c1-5-16(3,20-10-6-7-11-20)14(18-4)13-12(2)8-9-19-15(13)17/h8-9,14,18H,5-7,10-11H2,1-4H3,(H2,17,19). The third-order valence-electron chi connectivity index (χ3n) is 4.98. The van der Waals surface area contributed by atoms with Crippen LogP contribution in [0.25, 0.3) is 0 Å². The Morgan fingerprint density at radius 2 is 2.10 bits per heavy atom. The van der Waals surface area contributed by atoms with Crippen LogP contribution in [0.15, 0.2) is 12.3 Å². The van der Waals surface area contributed by atoms with Crippen LogP contribution in [0.4, 0.5) is 5.82 Å². The average Bonchev–Trinajstić information content (AvgIpc) is 2.97. The summed E-state index contributed by atoms with van der Waals surface area (Å²) in [6, 6.07) is 2.26. The van der Waals surface area contributed by atoms with Gasteiger partial charge in [0.15, 0.2) is 0 Å². The number of aryl methyl sites for hydroxylation is 1. The van der Waals surface area contributed by atoms with Crippen molar-refractivity contribution in [3.63, 3.8) is 0 Å². The second kappa shape index (κ2) is 6.10. The molecule has 0 aliphatic carbocycles. The molecule has 4 heteroatoms. The van der Waals surface area contributed by atoms with E-state index in [4.69, 9.17) is 5.73 Å². The van der Waals surface area contributed by atoms with Crippen molar-refractivity contribution in [3.8, 4) is 0 Å². The molecule has 1 fully saturated rings. The van der Waals surface area contributed by atoms with Crippen LogP contribution in [0.3, 0.4) is 0 Å². The number of nitrogens with zero attached hydrogens (tertiary/aromatic N) is 2. The monoisotopic (exact) mass is 276 g/mol. The lowest BCUT2D eigenvalue weighted by Gasteiger charge is -2.45. The van der Waals surface area contributed by atoms with Gasteiger partial charge in [-0.25, -0.2) is 4.98 Å². The maximum absolute atomic E-state index is 6.18. The summed E-state index contributed by atoms with van der Waals surface area (Å²) in [7, 11) is 2.03. The highest BCUT2D eigenvalue weighted by atomic mass is 15.2. The van der Waals surface area contributed by atoms with E-state index in [9.17, 15) is 0 Å². The summed E-state index contributed by atoms with van der Waals surface area (Å²) < 4.78 is 0. The topological polar surface area (TPSA) is 54.2 Å². The van der Waals surface area contributed by atoms with Gasteiger partial charge >= 0.3 is 0 Å². The van der Waals surface area contributed by atoms with Gasteiger partial charge in [0.1, 0.15) is 5.82 Å². The zero-order valence-corrected chi connectivity index (χ0v) is 13.2. The third kappa shape index (κ3) is 2.54. The Labute approximate surface area is 122 Å². The first-order valence-corrected chi connectivity index (χ1v) is 7.68. The van der Waals surface area contributed by atoms with Gasteiger partial charge in [-0.05, 0) is 64.9 Å². The molecule has 0 saturated carbocycles. The minimum absolute atomic E-state index is 0.0766. The van der Waals surface area contributed by atoms with Crippen molar-refractivity contribution in [3.05, 3.63) is 23.4 Å². The van der Waals surface area contributed by atoms with E-state index < -0.39 is 0 Å². The second-order valence-corrected chi connectivity index (χ2v) is 6.05. The predicted molar refractivity (Wildman–Crippen MR) is 84.7 cm³/mol. The zero-order valence-electron chi connectivity index (χ0n) is 13.2.